The van der Waals surface area contributed by atoms with Gasteiger partial charge in [0.2, 0.25) is 0 Å². The van der Waals surface area contributed by atoms with E-state index in [0.717, 1.165) is 0 Å². The molecule has 0 aromatic rings. The summed E-state index contributed by atoms with van der Waals surface area (Å²) in [6, 6.07) is 9.48. The minimum atomic E-state index is -1.12. The number of hydrogen-bond donors (Lipinski definition) is 2. The van der Waals surface area contributed by atoms with Crippen molar-refractivity contribution in [3.8, 4) is 11.1 Å². The van der Waals surface area contributed by atoms with Gasteiger partial charge in [-0.25, -0.2) is 9.59 Å². The van der Waals surface area contributed by atoms with Gasteiger partial charge in [0.1, 0.15) is 0 Å². The molecule has 0 aromatic heterocycles. The molecular weight excluding hydrogens is 232 g/mol. The highest BCUT2D eigenvalue weighted by atomic mass is 16.4. The summed E-state index contributed by atoms with van der Waals surface area (Å²) in [4.78, 5) is 21.9. The van der Waals surface area contributed by atoms with Crippen LogP contribution in [0.1, 0.15) is 34.6 Å². The standard InChI is InChI=1S/C12H8O4.C2H6/c13-11(14)9-6-10(12(15)16)8-5-3-1-2-4-7(8)9;1-2/h1-6H,(H,13,14)(H,15,16);1-2H3. The maximum atomic E-state index is 11.0. The summed E-state index contributed by atoms with van der Waals surface area (Å²) < 4.78 is 0. The average Bonchev–Trinajstić information content (AvgIpc) is 2.55. The van der Waals surface area contributed by atoms with Crippen LogP contribution in [0.15, 0.2) is 36.4 Å². The van der Waals surface area contributed by atoms with Gasteiger partial charge in [0.25, 0.3) is 0 Å². The van der Waals surface area contributed by atoms with Gasteiger partial charge in [-0.2, -0.15) is 0 Å². The second kappa shape index (κ2) is 5.82. The molecule has 2 aliphatic carbocycles. The van der Waals surface area contributed by atoms with E-state index in [-0.39, 0.29) is 11.1 Å². The van der Waals surface area contributed by atoms with E-state index in [1.165, 1.54) is 6.07 Å². The molecule has 0 atom stereocenters. The van der Waals surface area contributed by atoms with Crippen LogP contribution in [0.4, 0.5) is 0 Å². The fourth-order valence-electron chi connectivity index (χ4n) is 1.67. The molecule has 0 aromatic carbocycles. The van der Waals surface area contributed by atoms with E-state index in [0.29, 0.717) is 11.1 Å². The summed E-state index contributed by atoms with van der Waals surface area (Å²) in [5, 5.41) is 17.9. The van der Waals surface area contributed by atoms with Crippen LogP contribution in [0.2, 0.25) is 0 Å². The Morgan fingerprint density at radius 2 is 1.22 bits per heavy atom. The quantitative estimate of drug-likeness (QED) is 0.853. The predicted octanol–water partition coefficient (Wildman–Crippen LogP) is 3.21. The highest BCUT2D eigenvalue weighted by Gasteiger charge is 2.22. The highest BCUT2D eigenvalue weighted by Crippen LogP contribution is 2.31. The minimum absolute atomic E-state index is 0.0172. The summed E-state index contributed by atoms with van der Waals surface area (Å²) in [5.41, 5.74) is 0.914. The molecule has 0 spiro atoms. The number of carboxylic acids is 2. The van der Waals surface area contributed by atoms with Gasteiger partial charge in [0, 0.05) is 0 Å². The molecule has 2 rings (SSSR count). The van der Waals surface area contributed by atoms with Crippen LogP contribution >= 0.6 is 0 Å². The highest BCUT2D eigenvalue weighted by molar-refractivity contribution is 6.06. The SMILES string of the molecule is CC.O=C(O)c1cc(C(=O)O)c2cccccc1-2. The fraction of sp³-hybridized carbons (Fsp3) is 0.143. The largest absolute Gasteiger partial charge is 0.478 e. The lowest BCUT2D eigenvalue weighted by Gasteiger charge is -1.96. The molecule has 18 heavy (non-hydrogen) atoms. The fourth-order valence-corrected chi connectivity index (χ4v) is 1.67. The molecule has 0 saturated carbocycles. The van der Waals surface area contributed by atoms with Gasteiger partial charge in [-0.15, -0.1) is 0 Å². The van der Waals surface area contributed by atoms with Gasteiger partial charge < -0.3 is 10.2 Å². The van der Waals surface area contributed by atoms with Crippen molar-refractivity contribution in [2.24, 2.45) is 0 Å². The monoisotopic (exact) mass is 246 g/mol. The Hall–Kier alpha value is -2.36. The van der Waals surface area contributed by atoms with Gasteiger partial charge in [-0.05, 0) is 17.2 Å². The molecule has 0 aliphatic heterocycles. The average molecular weight is 246 g/mol. The van der Waals surface area contributed by atoms with Crippen LogP contribution in [0.3, 0.4) is 0 Å². The number of carbonyl (C=O) groups is 2. The van der Waals surface area contributed by atoms with Gasteiger partial charge in [-0.1, -0.05) is 44.2 Å². The summed E-state index contributed by atoms with van der Waals surface area (Å²) >= 11 is 0. The molecule has 2 aliphatic rings. The lowest BCUT2D eigenvalue weighted by atomic mass is 10.1. The summed E-state index contributed by atoms with van der Waals surface area (Å²) in [6.07, 6.45) is 0. The van der Waals surface area contributed by atoms with Gasteiger partial charge in [0.15, 0.2) is 0 Å². The lowest BCUT2D eigenvalue weighted by molar-refractivity contribution is 0.0694. The Morgan fingerprint density at radius 1 is 0.833 bits per heavy atom. The molecule has 0 heterocycles. The van der Waals surface area contributed by atoms with Crippen LogP contribution in [-0.4, -0.2) is 22.2 Å². The van der Waals surface area contributed by atoms with E-state index in [4.69, 9.17) is 10.2 Å². The predicted molar refractivity (Wildman–Crippen MR) is 68.3 cm³/mol. The zero-order valence-electron chi connectivity index (χ0n) is 10.2. The second-order valence-electron chi connectivity index (χ2n) is 3.32. The van der Waals surface area contributed by atoms with Crippen molar-refractivity contribution in [2.75, 3.05) is 0 Å². The maximum absolute atomic E-state index is 11.0. The van der Waals surface area contributed by atoms with E-state index in [1.54, 1.807) is 30.3 Å². The van der Waals surface area contributed by atoms with Crippen LogP contribution in [0.5, 0.6) is 0 Å². The Labute approximate surface area is 105 Å². The minimum Gasteiger partial charge on any atom is -0.478 e. The Bertz CT molecular complexity index is 500. The molecular formula is C14H14O4. The molecule has 0 bridgehead atoms. The third-order valence-corrected chi connectivity index (χ3v) is 2.37. The van der Waals surface area contributed by atoms with Crippen molar-refractivity contribution in [3.05, 3.63) is 47.5 Å². The number of aromatic carboxylic acids is 2. The molecule has 0 amide bonds. The molecule has 2 N–H and O–H groups in total. The van der Waals surface area contributed by atoms with Crippen molar-refractivity contribution in [1.82, 2.24) is 0 Å². The smallest absolute Gasteiger partial charge is 0.336 e. The van der Waals surface area contributed by atoms with Crippen LogP contribution in [0.25, 0.3) is 11.1 Å². The first kappa shape index (κ1) is 13.7. The Kier molecular flexibility index (Phi) is 4.43. The van der Waals surface area contributed by atoms with E-state index in [1.807, 2.05) is 13.8 Å². The van der Waals surface area contributed by atoms with Crippen molar-refractivity contribution in [1.29, 1.82) is 0 Å². The first-order valence-electron chi connectivity index (χ1n) is 5.59. The van der Waals surface area contributed by atoms with Crippen molar-refractivity contribution in [3.63, 3.8) is 0 Å². The van der Waals surface area contributed by atoms with Crippen LogP contribution in [0, 0.1) is 0 Å². The molecule has 4 nitrogen and oxygen atoms in total. The number of fused-ring (bicyclic) bond motifs is 1. The molecule has 4 heteroatoms. The zero-order chi connectivity index (χ0) is 13.7. The van der Waals surface area contributed by atoms with Crippen molar-refractivity contribution in [2.45, 2.75) is 13.8 Å². The van der Waals surface area contributed by atoms with E-state index in [2.05, 4.69) is 0 Å². The molecule has 0 saturated heterocycles. The number of carboxylic acid groups (broad SMARTS) is 2. The molecule has 94 valence electrons. The summed E-state index contributed by atoms with van der Waals surface area (Å²) in [5.74, 6) is -2.24. The van der Waals surface area contributed by atoms with E-state index < -0.39 is 11.9 Å². The van der Waals surface area contributed by atoms with Crippen molar-refractivity contribution < 1.29 is 19.8 Å². The van der Waals surface area contributed by atoms with E-state index in [9.17, 15) is 9.59 Å². The van der Waals surface area contributed by atoms with Crippen molar-refractivity contribution >= 4 is 11.9 Å². The van der Waals surface area contributed by atoms with Gasteiger partial charge in [-0.3, -0.25) is 0 Å². The first-order valence-corrected chi connectivity index (χ1v) is 5.59. The summed E-state index contributed by atoms with van der Waals surface area (Å²) in [6.45, 7) is 4.00. The second-order valence-corrected chi connectivity index (χ2v) is 3.32. The third-order valence-electron chi connectivity index (χ3n) is 2.37. The lowest BCUT2D eigenvalue weighted by Crippen LogP contribution is -1.95. The topological polar surface area (TPSA) is 74.6 Å². The maximum Gasteiger partial charge on any atom is 0.336 e. The Morgan fingerprint density at radius 3 is 1.56 bits per heavy atom. The Balaban J connectivity index is 0.000000771. The first-order chi connectivity index (χ1) is 8.61. The normalized spacial score (nSPS) is 9.44. The van der Waals surface area contributed by atoms with Crippen LogP contribution < -0.4 is 0 Å². The number of hydrogen-bond acceptors (Lipinski definition) is 2. The van der Waals surface area contributed by atoms with Crippen LogP contribution in [-0.2, 0) is 0 Å². The zero-order valence-corrected chi connectivity index (χ0v) is 10.2. The third kappa shape index (κ3) is 2.48. The molecule has 0 unspecified atom stereocenters. The molecule has 0 radical (unpaired) electrons. The van der Waals surface area contributed by atoms with Gasteiger partial charge >= 0.3 is 11.9 Å². The van der Waals surface area contributed by atoms with E-state index >= 15 is 0 Å². The van der Waals surface area contributed by atoms with Gasteiger partial charge in [0.05, 0.1) is 11.1 Å². The summed E-state index contributed by atoms with van der Waals surface area (Å²) in [7, 11) is 0. The number of rotatable bonds is 2. The molecule has 0 fully saturated rings.